The highest BCUT2D eigenvalue weighted by Gasteiger charge is 2.50. The zero-order valence-corrected chi connectivity index (χ0v) is 23.7. The Balaban J connectivity index is 1.56. The Kier molecular flexibility index (Phi) is 9.07. The predicted molar refractivity (Wildman–Crippen MR) is 152 cm³/mol. The van der Waals surface area contributed by atoms with Crippen molar-refractivity contribution < 1.29 is 46.9 Å². The third kappa shape index (κ3) is 7.26. The number of carbonyl (C=O) groups is 4. The highest BCUT2D eigenvalue weighted by molar-refractivity contribution is 5.97. The molecule has 0 bridgehead atoms. The van der Waals surface area contributed by atoms with Gasteiger partial charge in [0.25, 0.3) is 11.8 Å². The van der Waals surface area contributed by atoms with E-state index in [2.05, 4.69) is 9.97 Å². The summed E-state index contributed by atoms with van der Waals surface area (Å²) in [7, 11) is 1.01. The fraction of sp³-hybridized carbons (Fsp3) is 0.188. The van der Waals surface area contributed by atoms with Gasteiger partial charge in [-0.1, -0.05) is 66.7 Å². The van der Waals surface area contributed by atoms with Crippen molar-refractivity contribution in [3.05, 3.63) is 119 Å². The number of hydrogen-bond acceptors (Lipinski definition) is 10. The van der Waals surface area contributed by atoms with Crippen LogP contribution in [0.25, 0.3) is 0 Å². The number of likely N-dealkylation sites (tertiary alicyclic amines) is 1. The molecule has 230 valence electrons. The van der Waals surface area contributed by atoms with Crippen LogP contribution in [-0.2, 0) is 16.1 Å². The van der Waals surface area contributed by atoms with E-state index in [4.69, 9.17) is 18.9 Å². The number of amides is 1. The summed E-state index contributed by atoms with van der Waals surface area (Å²) in [4.78, 5) is 61.0. The standard InChI is InChI=1S/C32H25F2N3O8/c1-42-30(40)24-25(44-28(38)21-13-7-3-8-14-21)27(45-29(39)22-15-9-4-10-16-22)36-26(35-24)23-17-32(33,34)19-37(23)31(41)43-18-20-11-5-2-6-12-20/h2-16,23H,17-19H2,1H3/t23-/m0/s1. The summed E-state index contributed by atoms with van der Waals surface area (Å²) in [5.74, 6) is -8.39. The molecular formula is C32H25F2N3O8. The molecule has 0 aliphatic carbocycles. The number of benzene rings is 3. The van der Waals surface area contributed by atoms with Gasteiger partial charge >= 0.3 is 24.0 Å². The van der Waals surface area contributed by atoms with E-state index in [1.165, 1.54) is 24.3 Å². The molecule has 1 aliphatic heterocycles. The molecule has 45 heavy (non-hydrogen) atoms. The molecule has 0 spiro atoms. The van der Waals surface area contributed by atoms with Crippen molar-refractivity contribution in [2.75, 3.05) is 13.7 Å². The number of methoxy groups -OCH3 is 1. The number of alkyl halides is 2. The van der Waals surface area contributed by atoms with Gasteiger partial charge in [0.05, 0.1) is 24.8 Å². The maximum Gasteiger partial charge on any atom is 0.410 e. The highest BCUT2D eigenvalue weighted by Crippen LogP contribution is 2.42. The molecule has 2 heterocycles. The van der Waals surface area contributed by atoms with Crippen molar-refractivity contribution in [1.29, 1.82) is 0 Å². The molecule has 0 N–H and O–H groups in total. The quantitative estimate of drug-likeness (QED) is 0.236. The Hall–Kier alpha value is -5.72. The van der Waals surface area contributed by atoms with Gasteiger partial charge in [-0.05, 0) is 29.8 Å². The largest absolute Gasteiger partial charge is 0.464 e. The van der Waals surface area contributed by atoms with Crippen molar-refractivity contribution >= 4 is 24.0 Å². The van der Waals surface area contributed by atoms with Crippen molar-refractivity contribution in [2.24, 2.45) is 0 Å². The fourth-order valence-corrected chi connectivity index (χ4v) is 4.48. The minimum Gasteiger partial charge on any atom is -0.464 e. The minimum absolute atomic E-state index is 0.0659. The molecule has 1 aliphatic rings. The van der Waals surface area contributed by atoms with Gasteiger partial charge in [-0.3, -0.25) is 4.90 Å². The van der Waals surface area contributed by atoms with E-state index in [9.17, 15) is 28.0 Å². The zero-order valence-electron chi connectivity index (χ0n) is 23.7. The lowest BCUT2D eigenvalue weighted by atomic mass is 10.1. The van der Waals surface area contributed by atoms with Crippen LogP contribution in [0.1, 0.15) is 55.1 Å². The lowest BCUT2D eigenvalue weighted by molar-refractivity contribution is 0.0101. The number of aromatic nitrogens is 2. The molecule has 0 saturated carbocycles. The second-order valence-corrected chi connectivity index (χ2v) is 9.81. The molecule has 4 aromatic rings. The van der Waals surface area contributed by atoms with E-state index >= 15 is 0 Å². The van der Waals surface area contributed by atoms with Crippen LogP contribution >= 0.6 is 0 Å². The van der Waals surface area contributed by atoms with Crippen molar-refractivity contribution in [2.45, 2.75) is 25.0 Å². The van der Waals surface area contributed by atoms with Gasteiger partial charge in [-0.15, -0.1) is 0 Å². The van der Waals surface area contributed by atoms with Crippen molar-refractivity contribution in [3.8, 4) is 11.6 Å². The van der Waals surface area contributed by atoms with Crippen molar-refractivity contribution in [3.63, 3.8) is 0 Å². The normalized spacial score (nSPS) is 15.2. The van der Waals surface area contributed by atoms with Crippen LogP contribution in [0.2, 0.25) is 0 Å². The van der Waals surface area contributed by atoms with Crippen LogP contribution in [0.3, 0.4) is 0 Å². The molecule has 11 nitrogen and oxygen atoms in total. The second kappa shape index (κ2) is 13.3. The van der Waals surface area contributed by atoms with Gasteiger partial charge in [0.15, 0.2) is 11.5 Å². The van der Waals surface area contributed by atoms with Gasteiger partial charge in [0.1, 0.15) is 12.6 Å². The summed E-state index contributed by atoms with van der Waals surface area (Å²) in [6.07, 6.45) is -2.03. The smallest absolute Gasteiger partial charge is 0.410 e. The Morgan fingerprint density at radius 1 is 0.800 bits per heavy atom. The molecule has 1 fully saturated rings. The number of ether oxygens (including phenoxy) is 4. The Bertz CT molecular complexity index is 1710. The first-order valence-corrected chi connectivity index (χ1v) is 13.5. The van der Waals surface area contributed by atoms with Gasteiger partial charge in [-0.25, -0.2) is 32.9 Å². The molecule has 13 heteroatoms. The predicted octanol–water partition coefficient (Wildman–Crippen LogP) is 5.42. The molecule has 3 aromatic carbocycles. The summed E-state index contributed by atoms with van der Waals surface area (Å²) in [6.45, 7) is -1.23. The van der Waals surface area contributed by atoms with Gasteiger partial charge < -0.3 is 18.9 Å². The van der Waals surface area contributed by atoms with E-state index in [0.29, 0.717) is 5.56 Å². The van der Waals surface area contributed by atoms with Crippen LogP contribution in [0.4, 0.5) is 13.6 Å². The molecule has 5 rings (SSSR count). The lowest BCUT2D eigenvalue weighted by Crippen LogP contribution is -2.34. The average Bonchev–Trinajstić information content (AvgIpc) is 3.40. The molecular weight excluding hydrogens is 592 g/mol. The molecule has 1 saturated heterocycles. The first-order valence-electron chi connectivity index (χ1n) is 13.5. The summed E-state index contributed by atoms with van der Waals surface area (Å²) in [5, 5.41) is 0. The van der Waals surface area contributed by atoms with Crippen LogP contribution < -0.4 is 9.47 Å². The average molecular weight is 618 g/mol. The number of hydrogen-bond donors (Lipinski definition) is 0. The maximum atomic E-state index is 14.8. The summed E-state index contributed by atoms with van der Waals surface area (Å²) < 4.78 is 50.6. The van der Waals surface area contributed by atoms with E-state index in [1.54, 1.807) is 66.7 Å². The van der Waals surface area contributed by atoms with E-state index in [-0.39, 0.29) is 17.7 Å². The number of rotatable bonds is 8. The van der Waals surface area contributed by atoms with Crippen LogP contribution in [0.15, 0.2) is 91.0 Å². The first-order chi connectivity index (χ1) is 21.6. The summed E-state index contributed by atoms with van der Waals surface area (Å²) in [5.41, 5.74) is 0.0596. The molecule has 1 aromatic heterocycles. The first kappa shape index (κ1) is 30.7. The lowest BCUT2D eigenvalue weighted by Gasteiger charge is -2.23. The fourth-order valence-electron chi connectivity index (χ4n) is 4.48. The number of esters is 3. The number of carbonyl (C=O) groups excluding carboxylic acids is 4. The molecule has 1 amide bonds. The monoisotopic (exact) mass is 617 g/mol. The molecule has 1 atom stereocenters. The van der Waals surface area contributed by atoms with Gasteiger partial charge in [-0.2, -0.15) is 4.98 Å². The third-order valence-corrected chi connectivity index (χ3v) is 6.64. The van der Waals surface area contributed by atoms with Gasteiger partial charge in [0, 0.05) is 6.42 Å². The van der Waals surface area contributed by atoms with E-state index in [0.717, 1.165) is 12.0 Å². The highest BCUT2D eigenvalue weighted by atomic mass is 19.3. The third-order valence-electron chi connectivity index (χ3n) is 6.64. The van der Waals surface area contributed by atoms with Crippen LogP contribution in [0, 0.1) is 0 Å². The van der Waals surface area contributed by atoms with Crippen molar-refractivity contribution in [1.82, 2.24) is 14.9 Å². The Labute approximate surface area is 255 Å². The number of nitrogens with zero attached hydrogens (tertiary/aromatic N) is 3. The minimum atomic E-state index is -3.38. The van der Waals surface area contributed by atoms with E-state index in [1.807, 2.05) is 0 Å². The summed E-state index contributed by atoms with van der Waals surface area (Å²) in [6, 6.07) is 22.4. The van der Waals surface area contributed by atoms with E-state index < -0.39 is 72.1 Å². The Morgan fingerprint density at radius 2 is 1.36 bits per heavy atom. The zero-order chi connectivity index (χ0) is 32.0. The van der Waals surface area contributed by atoms with Crippen LogP contribution in [0.5, 0.6) is 11.6 Å². The van der Waals surface area contributed by atoms with Crippen LogP contribution in [-0.4, -0.2) is 58.4 Å². The topological polar surface area (TPSA) is 134 Å². The Morgan fingerprint density at radius 3 is 1.93 bits per heavy atom. The second-order valence-electron chi connectivity index (χ2n) is 9.81. The SMILES string of the molecule is COC(=O)c1nc([C@@H]2CC(F)(F)CN2C(=O)OCc2ccccc2)nc(OC(=O)c2ccccc2)c1OC(=O)c1ccccc1. The number of halogens is 2. The summed E-state index contributed by atoms with van der Waals surface area (Å²) >= 11 is 0. The van der Waals surface area contributed by atoms with Gasteiger partial charge in [0.2, 0.25) is 5.75 Å². The molecule has 0 unspecified atom stereocenters. The molecule has 0 radical (unpaired) electrons. The maximum absolute atomic E-state index is 14.8.